The van der Waals surface area contributed by atoms with Crippen LogP contribution in [0.15, 0.2) is 97.1 Å². The van der Waals surface area contributed by atoms with Crippen LogP contribution in [0.4, 0.5) is 0 Å². The minimum absolute atomic E-state index is 0. The van der Waals surface area contributed by atoms with Crippen molar-refractivity contribution in [2.45, 2.75) is 0 Å². The van der Waals surface area contributed by atoms with E-state index in [1.807, 2.05) is 60.7 Å². The molecule has 4 aromatic carbocycles. The Bertz CT molecular complexity index is 2290. The second kappa shape index (κ2) is 8.94. The molecule has 0 fully saturated rings. The Labute approximate surface area is 244 Å². The molecule has 9 heteroatoms. The maximum absolute atomic E-state index is 5.04. The molecule has 8 aromatic rings. The van der Waals surface area contributed by atoms with E-state index in [1.165, 1.54) is 0 Å². The summed E-state index contributed by atoms with van der Waals surface area (Å²) in [6.45, 7) is 0. The van der Waals surface area contributed by atoms with E-state index < -0.39 is 0 Å². The zero-order valence-corrected chi connectivity index (χ0v) is 24.7. The molecule has 0 saturated heterocycles. The second-order valence-electron chi connectivity index (χ2n) is 9.92. The molecule has 0 unspecified atom stereocenters. The standard InChI is InChI=1S/C32H20N8.Zn/c1-2-10-18-17(9-1)25-33-26(18)38-28-21-13-5-6-14-22(21)30(35-28)40-32-24-16-8-7-15-23(24)31(36-32)39-29-20-12-4-3-11-19(20)27(34-29)37-25;/h1-16,33,36-37,39H;/q-2;+2. The fourth-order valence-electron chi connectivity index (χ4n) is 5.73. The van der Waals surface area contributed by atoms with Crippen molar-refractivity contribution in [2.75, 3.05) is 0 Å². The summed E-state index contributed by atoms with van der Waals surface area (Å²) < 4.78 is 0. The summed E-state index contributed by atoms with van der Waals surface area (Å²) in [6, 6.07) is 32.7. The molecule has 8 nitrogen and oxygen atoms in total. The maximum atomic E-state index is 5.04. The molecule has 0 aliphatic carbocycles. The Morgan fingerprint density at radius 2 is 0.902 bits per heavy atom. The second-order valence-corrected chi connectivity index (χ2v) is 9.92. The molecule has 190 valence electrons. The van der Waals surface area contributed by atoms with E-state index in [4.69, 9.17) is 19.9 Å². The van der Waals surface area contributed by atoms with Gasteiger partial charge in [-0.3, -0.25) is 0 Å². The Morgan fingerprint density at radius 1 is 0.439 bits per heavy atom. The van der Waals surface area contributed by atoms with Gasteiger partial charge in [-0.15, -0.1) is 0 Å². The number of H-pyrrole nitrogens is 4. The molecule has 0 amide bonds. The van der Waals surface area contributed by atoms with Crippen molar-refractivity contribution in [1.29, 1.82) is 0 Å². The van der Waals surface area contributed by atoms with Crippen LogP contribution in [0.5, 0.6) is 0 Å². The van der Waals surface area contributed by atoms with Gasteiger partial charge < -0.3 is 34.9 Å². The summed E-state index contributed by atoms with van der Waals surface area (Å²) in [5.74, 6) is 1.24. The van der Waals surface area contributed by atoms with Gasteiger partial charge >= 0.3 is 19.5 Å². The first-order valence-corrected chi connectivity index (χ1v) is 13.1. The average molecular weight is 582 g/mol. The van der Waals surface area contributed by atoms with Crippen molar-refractivity contribution in [3.8, 4) is 22.8 Å². The molecule has 5 heterocycles. The van der Waals surface area contributed by atoms with Gasteiger partial charge in [0.2, 0.25) is 0 Å². The molecule has 4 N–H and O–H groups in total. The number of hydrogen-bond acceptors (Lipinski definition) is 2. The number of nitrogens with zero attached hydrogens (tertiary/aromatic N) is 4. The van der Waals surface area contributed by atoms with Crippen LogP contribution < -0.4 is 9.97 Å². The van der Waals surface area contributed by atoms with Crippen LogP contribution in [0.2, 0.25) is 0 Å². The molecule has 8 bridgehead atoms. The van der Waals surface area contributed by atoms with Crippen molar-refractivity contribution in [3.63, 3.8) is 0 Å². The zero-order chi connectivity index (χ0) is 26.2. The quantitative estimate of drug-likeness (QED) is 0.143. The fourth-order valence-corrected chi connectivity index (χ4v) is 5.73. The molecule has 0 radical (unpaired) electrons. The number of aromatic nitrogens is 8. The number of benzene rings is 4. The van der Waals surface area contributed by atoms with Crippen LogP contribution in [0.1, 0.15) is 0 Å². The van der Waals surface area contributed by atoms with Crippen LogP contribution in [0, 0.1) is 0 Å². The van der Waals surface area contributed by atoms with Crippen molar-refractivity contribution in [2.24, 2.45) is 0 Å². The van der Waals surface area contributed by atoms with Gasteiger partial charge in [0, 0.05) is 44.7 Å². The van der Waals surface area contributed by atoms with Crippen LogP contribution in [-0.4, -0.2) is 29.9 Å². The topological polar surface area (TPSA) is 117 Å². The third-order valence-electron chi connectivity index (χ3n) is 7.59. The van der Waals surface area contributed by atoms with Gasteiger partial charge in [-0.2, -0.15) is 0 Å². The van der Waals surface area contributed by atoms with Crippen LogP contribution in [0.25, 0.3) is 89.0 Å². The third kappa shape index (κ3) is 3.56. The first-order chi connectivity index (χ1) is 19.8. The van der Waals surface area contributed by atoms with Crippen molar-refractivity contribution >= 4 is 66.2 Å². The monoisotopic (exact) mass is 580 g/mol. The number of fused-ring (bicyclic) bond motifs is 20. The molecule has 0 saturated carbocycles. The molecule has 4 aromatic heterocycles. The predicted molar refractivity (Wildman–Crippen MR) is 160 cm³/mol. The summed E-state index contributed by atoms with van der Waals surface area (Å²) in [5.41, 5.74) is 6.49. The first kappa shape index (κ1) is 23.7. The minimum Gasteiger partial charge on any atom is -0.411 e. The van der Waals surface area contributed by atoms with Gasteiger partial charge in [-0.05, 0) is 27.1 Å². The van der Waals surface area contributed by atoms with Gasteiger partial charge in [0.15, 0.2) is 0 Å². The SMILES string of the molecule is [Zn+2].c1ccc2c(c1)-c1nc-2[n-]c2[nH]c([nH]c3[n-]c([nH]c4[nH]c(n1)c1ccccc41)c1ccccc31)c1ccccc21. The Morgan fingerprint density at radius 3 is 1.56 bits per heavy atom. The zero-order valence-electron chi connectivity index (χ0n) is 21.7. The average Bonchev–Trinajstić information content (AvgIpc) is 3.73. The van der Waals surface area contributed by atoms with E-state index in [9.17, 15) is 0 Å². The van der Waals surface area contributed by atoms with Gasteiger partial charge in [0.25, 0.3) is 0 Å². The van der Waals surface area contributed by atoms with Gasteiger partial charge in [-0.25, -0.2) is 4.98 Å². The molecular weight excluding hydrogens is 562 g/mol. The van der Waals surface area contributed by atoms with Crippen molar-refractivity contribution < 1.29 is 19.5 Å². The molecule has 9 rings (SSSR count). The van der Waals surface area contributed by atoms with Crippen LogP contribution in [0.3, 0.4) is 0 Å². The minimum atomic E-state index is 0. The summed E-state index contributed by atoms with van der Waals surface area (Å²) in [6.07, 6.45) is 0. The molecule has 1 aliphatic rings. The summed E-state index contributed by atoms with van der Waals surface area (Å²) >= 11 is 0. The largest absolute Gasteiger partial charge is 2.00 e. The van der Waals surface area contributed by atoms with E-state index in [0.717, 1.165) is 77.3 Å². The maximum Gasteiger partial charge on any atom is 2.00 e. The van der Waals surface area contributed by atoms with E-state index in [1.54, 1.807) is 0 Å². The third-order valence-corrected chi connectivity index (χ3v) is 7.59. The Balaban J connectivity index is 0.00000256. The van der Waals surface area contributed by atoms with E-state index >= 15 is 0 Å². The smallest absolute Gasteiger partial charge is 0.411 e. The van der Waals surface area contributed by atoms with Crippen molar-refractivity contribution in [3.05, 3.63) is 97.1 Å². The van der Waals surface area contributed by atoms with E-state index in [-0.39, 0.29) is 19.5 Å². The van der Waals surface area contributed by atoms with Crippen molar-refractivity contribution in [1.82, 2.24) is 39.9 Å². The number of nitrogens with one attached hydrogen (secondary N) is 4. The normalized spacial score (nSPS) is 11.7. The van der Waals surface area contributed by atoms with E-state index in [2.05, 4.69) is 56.3 Å². The Hall–Kier alpha value is -5.14. The summed E-state index contributed by atoms with van der Waals surface area (Å²) in [7, 11) is 0. The molecule has 0 atom stereocenters. The predicted octanol–water partition coefficient (Wildman–Crippen LogP) is 7.08. The van der Waals surface area contributed by atoms with Crippen LogP contribution in [-0.2, 0) is 19.5 Å². The Kier molecular flexibility index (Phi) is 5.17. The van der Waals surface area contributed by atoms with E-state index in [0.29, 0.717) is 11.6 Å². The molecule has 41 heavy (non-hydrogen) atoms. The van der Waals surface area contributed by atoms with Gasteiger partial charge in [0.1, 0.15) is 5.65 Å². The molecular formula is C32H20N8Zn. The van der Waals surface area contributed by atoms with Gasteiger partial charge in [0.05, 0.1) is 11.5 Å². The first-order valence-electron chi connectivity index (χ1n) is 13.1. The number of hydrogen-bond donors (Lipinski definition) is 4. The van der Waals surface area contributed by atoms with Crippen LogP contribution >= 0.6 is 0 Å². The number of rotatable bonds is 0. The van der Waals surface area contributed by atoms with Gasteiger partial charge in [-0.1, -0.05) is 97.1 Å². The summed E-state index contributed by atoms with van der Waals surface area (Å²) in [5, 5.41) is 6.06. The molecule has 1 aliphatic heterocycles. The number of aromatic amines is 4. The molecule has 0 spiro atoms. The fraction of sp³-hybridized carbons (Fsp3) is 0. The summed E-state index contributed by atoms with van der Waals surface area (Å²) in [4.78, 5) is 34.2.